The Hall–Kier alpha value is -0.950. The molecule has 0 saturated heterocycles. The van der Waals surface area contributed by atoms with Gasteiger partial charge in [-0.2, -0.15) is 0 Å². The molecular formula is C8H13N3O2S2. The third-order valence-corrected chi connectivity index (χ3v) is 3.26. The predicted octanol–water partition coefficient (Wildman–Crippen LogP) is 0.222. The maximum atomic E-state index is 11.5. The van der Waals surface area contributed by atoms with E-state index >= 15 is 0 Å². The highest BCUT2D eigenvalue weighted by atomic mass is 32.2. The third kappa shape index (κ3) is 3.96. The lowest BCUT2D eigenvalue weighted by Gasteiger charge is -2.10. The molecule has 1 heterocycles. The molecule has 1 amide bonds. The molecule has 15 heavy (non-hydrogen) atoms. The minimum Gasteiger partial charge on any atom is -0.375 e. The lowest BCUT2D eigenvalue weighted by atomic mass is 10.3. The molecule has 1 rings (SSSR count). The molecule has 0 radical (unpaired) electrons. The largest absolute Gasteiger partial charge is 0.375 e. The summed E-state index contributed by atoms with van der Waals surface area (Å²) in [5.74, 6) is 0.159. The van der Waals surface area contributed by atoms with Crippen LogP contribution in [0.15, 0.2) is 5.38 Å². The number of nitrogens with zero attached hydrogens (tertiary/aromatic N) is 1. The van der Waals surface area contributed by atoms with Gasteiger partial charge in [-0.25, -0.2) is 4.98 Å². The summed E-state index contributed by atoms with van der Waals surface area (Å²) in [6, 6.07) is -0.133. The molecule has 5 nitrogen and oxygen atoms in total. The Labute approximate surface area is 94.5 Å². The highest BCUT2D eigenvalue weighted by Crippen LogP contribution is 2.10. The number of nitrogens with two attached hydrogens (primary N) is 1. The van der Waals surface area contributed by atoms with Gasteiger partial charge in [0, 0.05) is 34.2 Å². The Kier molecular flexibility index (Phi) is 4.22. The van der Waals surface area contributed by atoms with Crippen molar-refractivity contribution in [3.8, 4) is 0 Å². The van der Waals surface area contributed by atoms with Crippen LogP contribution >= 0.6 is 11.3 Å². The molecule has 1 aromatic rings. The summed E-state index contributed by atoms with van der Waals surface area (Å²) >= 11 is 1.22. The molecule has 0 bridgehead atoms. The molecule has 3 N–H and O–H groups in total. The van der Waals surface area contributed by atoms with Crippen LogP contribution < -0.4 is 11.1 Å². The number of carbonyl (C=O) groups excluding carboxylic acids is 1. The number of rotatable bonds is 4. The first-order valence-electron chi connectivity index (χ1n) is 4.31. The molecule has 0 aliphatic carbocycles. The standard InChI is InChI=1S/C8H13N3O2S2/c1-5(4-15(2)13)10-7(12)6-3-14-8(9)11-6/h3,5H,4H2,1-2H3,(H2,9,11)(H,10,12). The van der Waals surface area contributed by atoms with Crippen molar-refractivity contribution in [2.24, 2.45) is 0 Å². The van der Waals surface area contributed by atoms with E-state index in [9.17, 15) is 9.00 Å². The Morgan fingerprint density at radius 1 is 1.80 bits per heavy atom. The number of anilines is 1. The number of nitrogens with one attached hydrogen (secondary N) is 1. The first-order chi connectivity index (χ1) is 6.99. The number of hydrogen-bond donors (Lipinski definition) is 2. The van der Waals surface area contributed by atoms with Crippen LogP contribution in [0.3, 0.4) is 0 Å². The molecule has 2 unspecified atom stereocenters. The van der Waals surface area contributed by atoms with Gasteiger partial charge in [-0.05, 0) is 6.92 Å². The van der Waals surface area contributed by atoms with Crippen LogP contribution in [0, 0.1) is 0 Å². The number of hydrogen-bond acceptors (Lipinski definition) is 5. The lowest BCUT2D eigenvalue weighted by molar-refractivity contribution is 0.0939. The topological polar surface area (TPSA) is 85.1 Å². The van der Waals surface area contributed by atoms with Crippen molar-refractivity contribution in [2.75, 3.05) is 17.7 Å². The molecule has 0 aliphatic heterocycles. The van der Waals surface area contributed by atoms with Gasteiger partial charge < -0.3 is 11.1 Å². The SMILES string of the molecule is CC(CS(C)=O)NC(=O)c1csc(N)n1. The van der Waals surface area contributed by atoms with Crippen LogP contribution in [0.1, 0.15) is 17.4 Å². The van der Waals surface area contributed by atoms with E-state index in [1.54, 1.807) is 18.6 Å². The fourth-order valence-corrected chi connectivity index (χ4v) is 2.41. The molecular weight excluding hydrogens is 234 g/mol. The molecule has 2 atom stereocenters. The lowest BCUT2D eigenvalue weighted by Crippen LogP contribution is -2.36. The average molecular weight is 247 g/mol. The molecule has 0 spiro atoms. The highest BCUT2D eigenvalue weighted by Gasteiger charge is 2.13. The number of thiazole rings is 1. The van der Waals surface area contributed by atoms with Crippen molar-refractivity contribution in [2.45, 2.75) is 13.0 Å². The van der Waals surface area contributed by atoms with Gasteiger partial charge in [0.2, 0.25) is 0 Å². The van der Waals surface area contributed by atoms with Crippen molar-refractivity contribution in [3.05, 3.63) is 11.1 Å². The number of aromatic nitrogens is 1. The normalized spacial score (nSPS) is 14.5. The second-order valence-corrected chi connectivity index (χ2v) is 5.55. The highest BCUT2D eigenvalue weighted by molar-refractivity contribution is 7.84. The van der Waals surface area contributed by atoms with E-state index in [0.717, 1.165) is 0 Å². The Bertz CT molecular complexity index is 378. The van der Waals surface area contributed by atoms with Crippen molar-refractivity contribution in [3.63, 3.8) is 0 Å². The quantitative estimate of drug-likeness (QED) is 0.797. The summed E-state index contributed by atoms with van der Waals surface area (Å²) in [7, 11) is -0.920. The van der Waals surface area contributed by atoms with Gasteiger partial charge in [0.25, 0.3) is 5.91 Å². The van der Waals surface area contributed by atoms with Gasteiger partial charge in [0.05, 0.1) is 0 Å². The van der Waals surface area contributed by atoms with Gasteiger partial charge in [0.1, 0.15) is 5.69 Å². The minimum atomic E-state index is -0.920. The van der Waals surface area contributed by atoms with Crippen LogP contribution in [-0.2, 0) is 10.8 Å². The maximum absolute atomic E-state index is 11.5. The molecule has 1 aromatic heterocycles. The molecule has 0 fully saturated rings. The van der Waals surface area contributed by atoms with Crippen LogP contribution in [0.25, 0.3) is 0 Å². The monoisotopic (exact) mass is 247 g/mol. The molecule has 0 aromatic carbocycles. The maximum Gasteiger partial charge on any atom is 0.271 e. The zero-order valence-electron chi connectivity index (χ0n) is 8.52. The van der Waals surface area contributed by atoms with Crippen molar-refractivity contribution >= 4 is 33.2 Å². The predicted molar refractivity (Wildman–Crippen MR) is 62.4 cm³/mol. The smallest absolute Gasteiger partial charge is 0.271 e. The Morgan fingerprint density at radius 2 is 2.47 bits per heavy atom. The molecule has 0 saturated carbocycles. The first kappa shape index (κ1) is 12.1. The Balaban J connectivity index is 2.52. The van der Waals surface area contributed by atoms with Gasteiger partial charge in [-0.3, -0.25) is 9.00 Å². The molecule has 0 aliphatic rings. The van der Waals surface area contributed by atoms with Gasteiger partial charge in [-0.15, -0.1) is 11.3 Å². The van der Waals surface area contributed by atoms with Gasteiger partial charge in [-0.1, -0.05) is 0 Å². The van der Waals surface area contributed by atoms with Crippen LogP contribution in [-0.4, -0.2) is 33.2 Å². The first-order valence-corrected chi connectivity index (χ1v) is 6.91. The van der Waals surface area contributed by atoms with Crippen molar-refractivity contribution in [1.29, 1.82) is 0 Å². The van der Waals surface area contributed by atoms with Crippen LogP contribution in [0.5, 0.6) is 0 Å². The van der Waals surface area contributed by atoms with Crippen LogP contribution in [0.2, 0.25) is 0 Å². The fraction of sp³-hybridized carbons (Fsp3) is 0.500. The minimum absolute atomic E-state index is 0.133. The zero-order chi connectivity index (χ0) is 11.4. The van der Waals surface area contributed by atoms with E-state index in [-0.39, 0.29) is 11.9 Å². The van der Waals surface area contributed by atoms with Gasteiger partial charge in [0.15, 0.2) is 5.13 Å². The summed E-state index contributed by atoms with van der Waals surface area (Å²) < 4.78 is 10.9. The number of nitrogen functional groups attached to an aromatic ring is 1. The van der Waals surface area contributed by atoms with E-state index in [0.29, 0.717) is 16.6 Å². The summed E-state index contributed by atoms with van der Waals surface area (Å²) in [5, 5.41) is 4.66. The molecule has 7 heteroatoms. The van der Waals surface area contributed by atoms with Crippen molar-refractivity contribution < 1.29 is 9.00 Å². The van der Waals surface area contributed by atoms with E-state index in [1.165, 1.54) is 11.3 Å². The Morgan fingerprint density at radius 3 is 2.93 bits per heavy atom. The van der Waals surface area contributed by atoms with E-state index in [4.69, 9.17) is 5.73 Å². The summed E-state index contributed by atoms with van der Waals surface area (Å²) in [6.45, 7) is 1.80. The zero-order valence-corrected chi connectivity index (χ0v) is 10.2. The third-order valence-electron chi connectivity index (χ3n) is 1.62. The van der Waals surface area contributed by atoms with E-state index in [2.05, 4.69) is 10.3 Å². The van der Waals surface area contributed by atoms with Crippen LogP contribution in [0.4, 0.5) is 5.13 Å². The number of carbonyl (C=O) groups is 1. The fourth-order valence-electron chi connectivity index (χ4n) is 1.08. The van der Waals surface area contributed by atoms with E-state index in [1.807, 2.05) is 0 Å². The summed E-state index contributed by atoms with van der Waals surface area (Å²) in [4.78, 5) is 15.4. The second-order valence-electron chi connectivity index (χ2n) is 3.19. The molecule has 84 valence electrons. The van der Waals surface area contributed by atoms with Gasteiger partial charge >= 0.3 is 0 Å². The number of amides is 1. The van der Waals surface area contributed by atoms with Crippen molar-refractivity contribution in [1.82, 2.24) is 10.3 Å². The average Bonchev–Trinajstić information content (AvgIpc) is 2.49. The summed E-state index contributed by atoms with van der Waals surface area (Å²) in [6.07, 6.45) is 1.60. The second kappa shape index (κ2) is 5.22. The van der Waals surface area contributed by atoms with E-state index < -0.39 is 10.8 Å². The summed E-state index contributed by atoms with van der Waals surface area (Å²) in [5.41, 5.74) is 5.72.